The van der Waals surface area contributed by atoms with Crippen molar-refractivity contribution < 1.29 is 9.59 Å². The molecule has 0 aromatic heterocycles. The van der Waals surface area contributed by atoms with Gasteiger partial charge in [0.15, 0.2) is 0 Å². The van der Waals surface area contributed by atoms with Crippen molar-refractivity contribution in [2.75, 3.05) is 12.4 Å². The smallest absolute Gasteiger partial charge is 0.321 e. The van der Waals surface area contributed by atoms with Crippen LogP contribution in [0, 0.1) is 3.57 Å². The summed E-state index contributed by atoms with van der Waals surface area (Å²) in [5.41, 5.74) is 1.59. The zero-order valence-electron chi connectivity index (χ0n) is 12.0. The summed E-state index contributed by atoms with van der Waals surface area (Å²) in [6.07, 6.45) is 0. The second-order valence-corrected chi connectivity index (χ2v) is 5.81. The number of urea groups is 1. The number of anilines is 1. The maximum absolute atomic E-state index is 12.4. The molecule has 0 bridgehead atoms. The van der Waals surface area contributed by atoms with E-state index in [1.54, 1.807) is 0 Å². The molecule has 0 saturated carbocycles. The number of hydrogen-bond acceptors (Lipinski definition) is 3. The van der Waals surface area contributed by atoms with E-state index < -0.39 is 18.0 Å². The number of halogens is 1. The lowest BCUT2D eigenvalue weighted by atomic mass is 10.1. The summed E-state index contributed by atoms with van der Waals surface area (Å²) in [5.74, 6) is -0.413. The van der Waals surface area contributed by atoms with Gasteiger partial charge in [-0.1, -0.05) is 36.4 Å². The molecule has 6 heteroatoms. The number of benzene rings is 2. The van der Waals surface area contributed by atoms with Crippen molar-refractivity contribution in [1.29, 1.82) is 0 Å². The predicted molar refractivity (Wildman–Crippen MR) is 94.6 cm³/mol. The Bertz CT molecular complexity index is 661. The van der Waals surface area contributed by atoms with Gasteiger partial charge in [-0.25, -0.2) is 4.79 Å². The summed E-state index contributed by atoms with van der Waals surface area (Å²) in [7, 11) is 1.47. The molecule has 0 aliphatic heterocycles. The molecule has 22 heavy (non-hydrogen) atoms. The normalized spacial score (nSPS) is 11.4. The first-order chi connectivity index (χ1) is 10.6. The molecule has 1 atom stereocenters. The van der Waals surface area contributed by atoms with E-state index in [2.05, 4.69) is 38.5 Å². The maximum Gasteiger partial charge on any atom is 0.321 e. The lowest BCUT2D eigenvalue weighted by Gasteiger charge is -2.19. The Morgan fingerprint density at radius 3 is 2.41 bits per heavy atom. The van der Waals surface area contributed by atoms with Crippen molar-refractivity contribution in [2.24, 2.45) is 0 Å². The van der Waals surface area contributed by atoms with Crippen LogP contribution in [0.15, 0.2) is 54.6 Å². The van der Waals surface area contributed by atoms with Crippen LogP contribution in [-0.4, -0.2) is 19.0 Å². The molecule has 2 rings (SSSR count). The Labute approximate surface area is 142 Å². The standard InChI is InChI=1S/C16H16IN3O2/c1-18-16(22)20-15(21)14(11-6-3-2-4-7-11)19-13-9-5-8-12(17)10-13/h2-10,14,19H,1H3,(H2,18,20,21,22)/t14-/m1/s1. The molecule has 0 aliphatic carbocycles. The molecule has 3 amide bonds. The van der Waals surface area contributed by atoms with Gasteiger partial charge >= 0.3 is 6.03 Å². The van der Waals surface area contributed by atoms with Crippen molar-refractivity contribution >= 4 is 40.2 Å². The van der Waals surface area contributed by atoms with Crippen molar-refractivity contribution in [1.82, 2.24) is 10.6 Å². The number of nitrogens with one attached hydrogen (secondary N) is 3. The molecule has 0 heterocycles. The number of hydrogen-bond donors (Lipinski definition) is 3. The summed E-state index contributed by atoms with van der Waals surface area (Å²) in [6.45, 7) is 0. The van der Waals surface area contributed by atoms with E-state index >= 15 is 0 Å². The van der Waals surface area contributed by atoms with Crippen LogP contribution in [0.25, 0.3) is 0 Å². The number of imide groups is 1. The second kappa shape index (κ2) is 7.79. The zero-order valence-corrected chi connectivity index (χ0v) is 14.1. The van der Waals surface area contributed by atoms with E-state index in [0.717, 1.165) is 14.8 Å². The van der Waals surface area contributed by atoms with Gasteiger partial charge in [-0.3, -0.25) is 10.1 Å². The van der Waals surface area contributed by atoms with Crippen molar-refractivity contribution in [3.8, 4) is 0 Å². The minimum absolute atomic E-state index is 0.413. The molecule has 0 unspecified atom stereocenters. The fraction of sp³-hybridized carbons (Fsp3) is 0.125. The van der Waals surface area contributed by atoms with Crippen LogP contribution in [0.4, 0.5) is 10.5 Å². The first kappa shape index (κ1) is 16.3. The third kappa shape index (κ3) is 4.45. The quantitative estimate of drug-likeness (QED) is 0.681. The Morgan fingerprint density at radius 2 is 1.77 bits per heavy atom. The van der Waals surface area contributed by atoms with Crippen LogP contribution < -0.4 is 16.0 Å². The number of carbonyl (C=O) groups excluding carboxylic acids is 2. The molecule has 0 radical (unpaired) electrons. The highest BCUT2D eigenvalue weighted by atomic mass is 127. The summed E-state index contributed by atoms with van der Waals surface area (Å²) in [5, 5.41) is 7.85. The fourth-order valence-electron chi connectivity index (χ4n) is 1.94. The lowest BCUT2D eigenvalue weighted by Crippen LogP contribution is -2.42. The van der Waals surface area contributed by atoms with Crippen LogP contribution >= 0.6 is 22.6 Å². The molecule has 2 aromatic carbocycles. The molecule has 0 saturated heterocycles. The number of carbonyl (C=O) groups is 2. The number of amides is 3. The third-order valence-electron chi connectivity index (χ3n) is 2.99. The minimum atomic E-state index is -0.656. The molecule has 114 valence electrons. The van der Waals surface area contributed by atoms with Gasteiger partial charge in [0.1, 0.15) is 6.04 Å². The highest BCUT2D eigenvalue weighted by Crippen LogP contribution is 2.21. The van der Waals surface area contributed by atoms with E-state index in [9.17, 15) is 9.59 Å². The SMILES string of the molecule is CNC(=O)NC(=O)[C@H](Nc1cccc(I)c1)c1ccccc1. The van der Waals surface area contributed by atoms with Crippen molar-refractivity contribution in [2.45, 2.75) is 6.04 Å². The maximum atomic E-state index is 12.4. The van der Waals surface area contributed by atoms with Crippen molar-refractivity contribution in [3.63, 3.8) is 0 Å². The Morgan fingerprint density at radius 1 is 1.05 bits per heavy atom. The lowest BCUT2D eigenvalue weighted by molar-refractivity contribution is -0.120. The van der Waals surface area contributed by atoms with Crippen LogP contribution in [0.2, 0.25) is 0 Å². The largest absolute Gasteiger partial charge is 0.370 e. The van der Waals surface area contributed by atoms with E-state index in [1.165, 1.54) is 7.05 Å². The molecule has 0 spiro atoms. The van der Waals surface area contributed by atoms with Gasteiger partial charge in [0.05, 0.1) is 0 Å². The second-order valence-electron chi connectivity index (χ2n) is 4.57. The molecule has 2 aromatic rings. The number of rotatable bonds is 4. The molecule has 5 nitrogen and oxygen atoms in total. The van der Waals surface area contributed by atoms with Crippen LogP contribution in [0.1, 0.15) is 11.6 Å². The van der Waals surface area contributed by atoms with Gasteiger partial charge in [0.2, 0.25) is 0 Å². The van der Waals surface area contributed by atoms with Gasteiger partial charge in [0, 0.05) is 16.3 Å². The van der Waals surface area contributed by atoms with Gasteiger partial charge in [-0.2, -0.15) is 0 Å². The highest BCUT2D eigenvalue weighted by molar-refractivity contribution is 14.1. The Balaban J connectivity index is 2.25. The summed E-state index contributed by atoms with van der Waals surface area (Å²) in [4.78, 5) is 23.8. The molecule has 0 aliphatic rings. The molecular formula is C16H16IN3O2. The van der Waals surface area contributed by atoms with E-state index in [4.69, 9.17) is 0 Å². The van der Waals surface area contributed by atoms with E-state index in [1.807, 2.05) is 54.6 Å². The third-order valence-corrected chi connectivity index (χ3v) is 3.67. The minimum Gasteiger partial charge on any atom is -0.370 e. The molecule has 0 fully saturated rings. The average Bonchev–Trinajstić information content (AvgIpc) is 2.53. The highest BCUT2D eigenvalue weighted by Gasteiger charge is 2.22. The van der Waals surface area contributed by atoms with Crippen LogP contribution in [0.3, 0.4) is 0 Å². The van der Waals surface area contributed by atoms with Crippen LogP contribution in [0.5, 0.6) is 0 Å². The van der Waals surface area contributed by atoms with Gasteiger partial charge < -0.3 is 10.6 Å². The molecular weight excluding hydrogens is 393 g/mol. The fourth-order valence-corrected chi connectivity index (χ4v) is 2.48. The summed E-state index contributed by atoms with van der Waals surface area (Å²) < 4.78 is 1.06. The van der Waals surface area contributed by atoms with E-state index in [-0.39, 0.29) is 0 Å². The topological polar surface area (TPSA) is 70.2 Å². The summed E-state index contributed by atoms with van der Waals surface area (Å²) in [6, 6.07) is 15.8. The van der Waals surface area contributed by atoms with Gasteiger partial charge in [-0.15, -0.1) is 0 Å². The predicted octanol–water partition coefficient (Wildman–Crippen LogP) is 2.90. The van der Waals surface area contributed by atoms with Gasteiger partial charge in [0.25, 0.3) is 5.91 Å². The Kier molecular flexibility index (Phi) is 5.76. The average molecular weight is 409 g/mol. The summed E-state index contributed by atoms with van der Waals surface area (Å²) >= 11 is 2.21. The monoisotopic (exact) mass is 409 g/mol. The van der Waals surface area contributed by atoms with E-state index in [0.29, 0.717) is 0 Å². The van der Waals surface area contributed by atoms with Gasteiger partial charge in [-0.05, 0) is 46.4 Å². The molecule has 3 N–H and O–H groups in total. The zero-order chi connectivity index (χ0) is 15.9. The van der Waals surface area contributed by atoms with Crippen LogP contribution in [-0.2, 0) is 4.79 Å². The Hall–Kier alpha value is -2.09. The van der Waals surface area contributed by atoms with Crippen molar-refractivity contribution in [3.05, 3.63) is 63.7 Å². The first-order valence-corrected chi connectivity index (χ1v) is 7.77. The first-order valence-electron chi connectivity index (χ1n) is 6.70.